The van der Waals surface area contributed by atoms with E-state index in [-0.39, 0.29) is 17.7 Å². The number of halogens is 2. The Morgan fingerprint density at radius 1 is 1.14 bits per heavy atom. The molecule has 3 aromatic rings. The van der Waals surface area contributed by atoms with Gasteiger partial charge in [-0.25, -0.2) is 8.78 Å². The molecule has 2 heterocycles. The molecule has 0 bridgehead atoms. The highest BCUT2D eigenvalue weighted by Crippen LogP contribution is 2.37. The van der Waals surface area contributed by atoms with Crippen LogP contribution in [0.25, 0.3) is 11.1 Å². The van der Waals surface area contributed by atoms with Crippen molar-refractivity contribution >= 4 is 28.9 Å². The second-order valence-electron chi connectivity index (χ2n) is 8.53. The van der Waals surface area contributed by atoms with Gasteiger partial charge in [0.2, 0.25) is 5.91 Å². The molecule has 0 aliphatic carbocycles. The van der Waals surface area contributed by atoms with E-state index in [1.54, 1.807) is 44.6 Å². The van der Waals surface area contributed by atoms with E-state index < -0.39 is 23.7 Å². The van der Waals surface area contributed by atoms with Gasteiger partial charge in [0.1, 0.15) is 5.75 Å². The summed E-state index contributed by atoms with van der Waals surface area (Å²) in [5.74, 6) is -4.77. The maximum atomic E-state index is 14.1. The minimum absolute atomic E-state index is 0.185. The maximum absolute atomic E-state index is 14.1. The number of aryl methyl sites for hydroxylation is 1. The van der Waals surface area contributed by atoms with Crippen molar-refractivity contribution in [3.63, 3.8) is 0 Å². The van der Waals surface area contributed by atoms with E-state index in [1.807, 2.05) is 13.0 Å². The van der Waals surface area contributed by atoms with E-state index >= 15 is 0 Å². The smallest absolute Gasteiger partial charge is 0.273 e. The molecule has 1 aliphatic heterocycles. The first-order valence-corrected chi connectivity index (χ1v) is 11.4. The molecule has 0 spiro atoms. The van der Waals surface area contributed by atoms with Crippen LogP contribution in [0.3, 0.4) is 0 Å². The largest absolute Gasteiger partial charge is 0.496 e. The van der Waals surface area contributed by atoms with E-state index in [2.05, 4.69) is 15.4 Å². The standard InChI is InChI=1S/C27H26F2N4O3/c1-5-27(28,29)18-7-6-8-19(13-18)31-25(34)24-17(3)32-33(26(24)35)20-9-10-23(36-4)22(14-20)21-11-12-30-15-16(21)2/h6-15,24H,5H2,1-4H3,(H,31,34). The number of hydrazone groups is 1. The van der Waals surface area contributed by atoms with E-state index in [0.29, 0.717) is 17.1 Å². The van der Waals surface area contributed by atoms with Crippen molar-refractivity contribution in [3.05, 3.63) is 72.1 Å². The fourth-order valence-electron chi connectivity index (χ4n) is 4.11. The summed E-state index contributed by atoms with van der Waals surface area (Å²) in [7, 11) is 1.56. The summed E-state index contributed by atoms with van der Waals surface area (Å²) in [6.07, 6.45) is 3.04. The number of pyridine rings is 1. The summed E-state index contributed by atoms with van der Waals surface area (Å²) in [6.45, 7) is 4.89. The average Bonchev–Trinajstić information content (AvgIpc) is 3.17. The van der Waals surface area contributed by atoms with Crippen LogP contribution in [0.2, 0.25) is 0 Å². The summed E-state index contributed by atoms with van der Waals surface area (Å²) in [4.78, 5) is 30.4. The van der Waals surface area contributed by atoms with Gasteiger partial charge in [0, 0.05) is 35.6 Å². The molecule has 186 valence electrons. The van der Waals surface area contributed by atoms with E-state index in [4.69, 9.17) is 4.74 Å². The molecule has 0 saturated carbocycles. The highest BCUT2D eigenvalue weighted by molar-refractivity contribution is 6.28. The molecule has 1 unspecified atom stereocenters. The van der Waals surface area contributed by atoms with Gasteiger partial charge in [-0.2, -0.15) is 10.1 Å². The molecular weight excluding hydrogens is 466 g/mol. The fourth-order valence-corrected chi connectivity index (χ4v) is 4.11. The Balaban J connectivity index is 1.60. The quantitative estimate of drug-likeness (QED) is 0.439. The number of anilines is 2. The molecule has 36 heavy (non-hydrogen) atoms. The minimum atomic E-state index is -3.02. The number of hydrogen-bond acceptors (Lipinski definition) is 5. The minimum Gasteiger partial charge on any atom is -0.496 e. The first kappa shape index (κ1) is 25.0. The van der Waals surface area contributed by atoms with Gasteiger partial charge in [-0.15, -0.1) is 0 Å². The van der Waals surface area contributed by atoms with Crippen molar-refractivity contribution in [2.75, 3.05) is 17.4 Å². The van der Waals surface area contributed by atoms with Gasteiger partial charge in [-0.1, -0.05) is 19.1 Å². The predicted octanol–water partition coefficient (Wildman–Crippen LogP) is 5.54. The lowest BCUT2D eigenvalue weighted by molar-refractivity contribution is -0.127. The number of benzene rings is 2. The van der Waals surface area contributed by atoms with Gasteiger partial charge in [-0.3, -0.25) is 14.6 Å². The molecule has 1 atom stereocenters. The normalized spacial score (nSPS) is 15.6. The molecule has 4 rings (SSSR count). The topological polar surface area (TPSA) is 83.9 Å². The number of nitrogens with zero attached hydrogens (tertiary/aromatic N) is 3. The molecule has 1 N–H and O–H groups in total. The van der Waals surface area contributed by atoms with Crippen LogP contribution in [-0.2, 0) is 15.5 Å². The second-order valence-corrected chi connectivity index (χ2v) is 8.53. The Bertz CT molecular complexity index is 1360. The van der Waals surface area contributed by atoms with Crippen molar-refractivity contribution in [3.8, 4) is 16.9 Å². The van der Waals surface area contributed by atoms with E-state index in [1.165, 1.54) is 36.2 Å². The third-order valence-corrected chi connectivity index (χ3v) is 6.13. The lowest BCUT2D eigenvalue weighted by Gasteiger charge is -2.18. The van der Waals surface area contributed by atoms with Gasteiger partial charge >= 0.3 is 0 Å². The van der Waals surface area contributed by atoms with Crippen molar-refractivity contribution in [2.45, 2.75) is 33.1 Å². The molecule has 0 radical (unpaired) electrons. The Morgan fingerprint density at radius 3 is 2.61 bits per heavy atom. The number of alkyl halides is 2. The number of carbonyl (C=O) groups is 2. The van der Waals surface area contributed by atoms with Crippen LogP contribution in [0.15, 0.2) is 66.0 Å². The van der Waals surface area contributed by atoms with Crippen LogP contribution in [0.4, 0.5) is 20.2 Å². The third kappa shape index (κ3) is 4.68. The van der Waals surface area contributed by atoms with Crippen LogP contribution < -0.4 is 15.1 Å². The van der Waals surface area contributed by atoms with Crippen LogP contribution >= 0.6 is 0 Å². The Morgan fingerprint density at radius 2 is 1.92 bits per heavy atom. The molecular formula is C27H26F2N4O3. The van der Waals surface area contributed by atoms with Gasteiger partial charge in [0.25, 0.3) is 11.8 Å². The summed E-state index contributed by atoms with van der Waals surface area (Å²) in [6, 6.07) is 12.5. The predicted molar refractivity (Wildman–Crippen MR) is 134 cm³/mol. The molecule has 7 nitrogen and oxygen atoms in total. The molecule has 0 saturated heterocycles. The first-order valence-electron chi connectivity index (χ1n) is 11.4. The first-order chi connectivity index (χ1) is 17.2. The van der Waals surface area contributed by atoms with Gasteiger partial charge in [0.15, 0.2) is 5.92 Å². The summed E-state index contributed by atoms with van der Waals surface area (Å²) in [5, 5.41) is 8.10. The lowest BCUT2D eigenvalue weighted by Crippen LogP contribution is -2.36. The Labute approximate surface area is 207 Å². The summed E-state index contributed by atoms with van der Waals surface area (Å²) in [5.41, 5.74) is 3.30. The molecule has 9 heteroatoms. The van der Waals surface area contributed by atoms with E-state index in [0.717, 1.165) is 16.7 Å². The van der Waals surface area contributed by atoms with Crippen LogP contribution in [0.1, 0.15) is 31.4 Å². The van der Waals surface area contributed by atoms with Gasteiger partial charge < -0.3 is 10.1 Å². The van der Waals surface area contributed by atoms with Gasteiger partial charge in [-0.05, 0) is 61.4 Å². The average molecular weight is 493 g/mol. The van der Waals surface area contributed by atoms with Gasteiger partial charge in [0.05, 0.1) is 18.5 Å². The molecule has 2 aromatic carbocycles. The Hall–Kier alpha value is -4.14. The second kappa shape index (κ2) is 9.85. The number of carbonyl (C=O) groups excluding carboxylic acids is 2. The maximum Gasteiger partial charge on any atom is 0.273 e. The lowest BCUT2D eigenvalue weighted by atomic mass is 10.00. The van der Waals surface area contributed by atoms with Crippen LogP contribution in [0, 0.1) is 12.8 Å². The number of aromatic nitrogens is 1. The molecule has 1 aliphatic rings. The number of rotatable bonds is 7. The van der Waals surface area contributed by atoms with Crippen molar-refractivity contribution in [1.82, 2.24) is 4.98 Å². The van der Waals surface area contributed by atoms with Crippen LogP contribution in [-0.4, -0.2) is 29.6 Å². The fraction of sp³-hybridized carbons (Fsp3) is 0.259. The summed E-state index contributed by atoms with van der Waals surface area (Å²) < 4.78 is 33.7. The number of nitrogens with one attached hydrogen (secondary N) is 1. The zero-order valence-electron chi connectivity index (χ0n) is 20.4. The van der Waals surface area contributed by atoms with Crippen molar-refractivity contribution in [1.29, 1.82) is 0 Å². The number of methoxy groups -OCH3 is 1. The SMILES string of the molecule is CCC(F)(F)c1cccc(NC(=O)C2C(=O)N(c3ccc(OC)c(-c4ccncc4C)c3)N=C2C)c1. The highest BCUT2D eigenvalue weighted by atomic mass is 19.3. The number of hydrogen-bond donors (Lipinski definition) is 1. The molecule has 0 fully saturated rings. The summed E-state index contributed by atoms with van der Waals surface area (Å²) >= 11 is 0. The van der Waals surface area contributed by atoms with Crippen LogP contribution in [0.5, 0.6) is 5.75 Å². The number of ether oxygens (including phenoxy) is 1. The monoisotopic (exact) mass is 492 g/mol. The highest BCUT2D eigenvalue weighted by Gasteiger charge is 2.40. The Kier molecular flexibility index (Phi) is 6.83. The van der Waals surface area contributed by atoms with Crippen molar-refractivity contribution in [2.24, 2.45) is 11.0 Å². The van der Waals surface area contributed by atoms with Crippen molar-refractivity contribution < 1.29 is 23.1 Å². The molecule has 2 amide bonds. The van der Waals surface area contributed by atoms with E-state index in [9.17, 15) is 18.4 Å². The zero-order chi connectivity index (χ0) is 26.0. The number of amides is 2. The zero-order valence-corrected chi connectivity index (χ0v) is 20.4. The molecule has 1 aromatic heterocycles. The third-order valence-electron chi connectivity index (χ3n) is 6.13.